The number of hydrogen-bond acceptors (Lipinski definition) is 2. The second-order valence-corrected chi connectivity index (χ2v) is 6.92. The zero-order chi connectivity index (χ0) is 18.4. The Morgan fingerprint density at radius 3 is 2.15 bits per heavy atom. The third-order valence-electron chi connectivity index (χ3n) is 3.82. The largest absolute Gasteiger partial charge is 0.348 e. The number of para-hydroxylation sites is 1. The van der Waals surface area contributed by atoms with Crippen molar-refractivity contribution in [2.45, 2.75) is 6.54 Å². The summed E-state index contributed by atoms with van der Waals surface area (Å²) in [7, 11) is 0. The van der Waals surface area contributed by atoms with Crippen LogP contribution in [0.15, 0.2) is 78.9 Å². The molecule has 26 heavy (non-hydrogen) atoms. The molecule has 0 unspecified atom stereocenters. The van der Waals surface area contributed by atoms with Crippen LogP contribution in [0.3, 0.4) is 0 Å². The Morgan fingerprint density at radius 2 is 1.42 bits per heavy atom. The van der Waals surface area contributed by atoms with Crippen LogP contribution in [0.4, 0.5) is 5.69 Å². The molecule has 0 spiro atoms. The minimum absolute atomic E-state index is 0.229. The monoisotopic (exact) mass is 456 g/mol. The lowest BCUT2D eigenvalue weighted by Crippen LogP contribution is -2.24. The molecule has 0 saturated carbocycles. The SMILES string of the molecule is O=C(Nc1ccccc1C(=O)NCc1ccccc1)c1ccc(I)cc1. The fraction of sp³-hybridized carbons (Fsp3) is 0.0476. The van der Waals surface area contributed by atoms with E-state index in [9.17, 15) is 9.59 Å². The minimum atomic E-state index is -0.246. The number of carbonyl (C=O) groups is 2. The summed E-state index contributed by atoms with van der Waals surface area (Å²) in [6.45, 7) is 0.430. The van der Waals surface area contributed by atoms with Gasteiger partial charge >= 0.3 is 0 Å². The molecule has 0 heterocycles. The van der Waals surface area contributed by atoms with Crippen molar-refractivity contribution in [3.63, 3.8) is 0 Å². The summed E-state index contributed by atoms with van der Waals surface area (Å²) in [6.07, 6.45) is 0. The number of hydrogen-bond donors (Lipinski definition) is 2. The summed E-state index contributed by atoms with van der Waals surface area (Å²) in [5.41, 5.74) is 2.48. The molecule has 0 atom stereocenters. The van der Waals surface area contributed by atoms with Gasteiger partial charge in [-0.2, -0.15) is 0 Å². The number of nitrogens with one attached hydrogen (secondary N) is 2. The first kappa shape index (κ1) is 18.1. The summed E-state index contributed by atoms with van der Waals surface area (Å²) in [6, 6.07) is 23.9. The van der Waals surface area contributed by atoms with Gasteiger partial charge in [0.1, 0.15) is 0 Å². The molecule has 0 aliphatic rings. The summed E-state index contributed by atoms with van der Waals surface area (Å²) in [5.74, 6) is -0.475. The summed E-state index contributed by atoms with van der Waals surface area (Å²) in [4.78, 5) is 25.0. The predicted molar refractivity (Wildman–Crippen MR) is 111 cm³/mol. The van der Waals surface area contributed by atoms with E-state index >= 15 is 0 Å². The first-order valence-corrected chi connectivity index (χ1v) is 9.19. The molecule has 0 aromatic heterocycles. The molecular weight excluding hydrogens is 439 g/mol. The summed E-state index contributed by atoms with van der Waals surface area (Å²) < 4.78 is 1.06. The van der Waals surface area contributed by atoms with E-state index < -0.39 is 0 Å². The van der Waals surface area contributed by atoms with Crippen LogP contribution < -0.4 is 10.6 Å². The van der Waals surface area contributed by atoms with Crippen molar-refractivity contribution in [1.29, 1.82) is 0 Å². The maximum Gasteiger partial charge on any atom is 0.255 e. The van der Waals surface area contributed by atoms with Crippen LogP contribution in [0.25, 0.3) is 0 Å². The van der Waals surface area contributed by atoms with Gasteiger partial charge in [0, 0.05) is 15.7 Å². The molecular formula is C21H17IN2O2. The lowest BCUT2D eigenvalue weighted by atomic mass is 10.1. The Labute approximate surface area is 165 Å². The van der Waals surface area contributed by atoms with Gasteiger partial charge in [0.15, 0.2) is 0 Å². The normalized spacial score (nSPS) is 10.2. The number of anilines is 1. The minimum Gasteiger partial charge on any atom is -0.348 e. The van der Waals surface area contributed by atoms with E-state index in [1.165, 1.54) is 0 Å². The number of amides is 2. The van der Waals surface area contributed by atoms with Gasteiger partial charge in [-0.1, -0.05) is 42.5 Å². The van der Waals surface area contributed by atoms with Gasteiger partial charge in [0.2, 0.25) is 0 Å². The van der Waals surface area contributed by atoms with E-state index in [2.05, 4.69) is 33.2 Å². The number of carbonyl (C=O) groups excluding carboxylic acids is 2. The number of rotatable bonds is 5. The highest BCUT2D eigenvalue weighted by molar-refractivity contribution is 14.1. The average Bonchev–Trinajstić information content (AvgIpc) is 2.68. The van der Waals surface area contributed by atoms with Crippen LogP contribution in [0, 0.1) is 3.57 Å². The lowest BCUT2D eigenvalue weighted by Gasteiger charge is -2.12. The second-order valence-electron chi connectivity index (χ2n) is 5.67. The van der Waals surface area contributed by atoms with Gasteiger partial charge in [-0.15, -0.1) is 0 Å². The molecule has 0 fully saturated rings. The van der Waals surface area contributed by atoms with Crippen LogP contribution in [-0.4, -0.2) is 11.8 Å². The molecule has 3 rings (SSSR count). The summed E-state index contributed by atoms with van der Waals surface area (Å²) in [5, 5.41) is 5.71. The van der Waals surface area contributed by atoms with Gasteiger partial charge in [0.05, 0.1) is 11.3 Å². The van der Waals surface area contributed by atoms with Crippen LogP contribution in [-0.2, 0) is 6.54 Å². The van der Waals surface area contributed by atoms with E-state index in [4.69, 9.17) is 0 Å². The summed E-state index contributed by atoms with van der Waals surface area (Å²) >= 11 is 2.19. The molecule has 5 heteroatoms. The smallest absolute Gasteiger partial charge is 0.255 e. The van der Waals surface area contributed by atoms with E-state index in [0.29, 0.717) is 23.4 Å². The van der Waals surface area contributed by atoms with Crippen molar-refractivity contribution in [2.75, 3.05) is 5.32 Å². The Morgan fingerprint density at radius 1 is 0.769 bits per heavy atom. The first-order valence-electron chi connectivity index (χ1n) is 8.11. The van der Waals surface area contributed by atoms with Gasteiger partial charge in [-0.05, 0) is 64.6 Å². The Kier molecular flexibility index (Phi) is 6.01. The van der Waals surface area contributed by atoms with E-state index in [0.717, 1.165) is 9.13 Å². The van der Waals surface area contributed by atoms with Crippen LogP contribution in [0.5, 0.6) is 0 Å². The van der Waals surface area contributed by atoms with Crippen molar-refractivity contribution in [3.8, 4) is 0 Å². The van der Waals surface area contributed by atoms with Gasteiger partial charge in [-0.25, -0.2) is 0 Å². The molecule has 0 aliphatic carbocycles. The van der Waals surface area contributed by atoms with Gasteiger partial charge in [-0.3, -0.25) is 9.59 Å². The fourth-order valence-corrected chi connectivity index (χ4v) is 2.82. The van der Waals surface area contributed by atoms with E-state index in [-0.39, 0.29) is 11.8 Å². The van der Waals surface area contributed by atoms with Crippen molar-refractivity contribution >= 4 is 40.1 Å². The third kappa shape index (κ3) is 4.70. The topological polar surface area (TPSA) is 58.2 Å². The number of halogens is 1. The quantitative estimate of drug-likeness (QED) is 0.557. The molecule has 3 aromatic rings. The predicted octanol–water partition coefficient (Wildman–Crippen LogP) is 4.47. The zero-order valence-electron chi connectivity index (χ0n) is 13.9. The maximum atomic E-state index is 12.5. The molecule has 0 bridgehead atoms. The Bertz CT molecular complexity index is 909. The molecule has 2 N–H and O–H groups in total. The fourth-order valence-electron chi connectivity index (χ4n) is 2.46. The molecule has 4 nitrogen and oxygen atoms in total. The van der Waals surface area contributed by atoms with E-state index in [1.54, 1.807) is 36.4 Å². The highest BCUT2D eigenvalue weighted by atomic mass is 127. The Balaban J connectivity index is 1.72. The standard InChI is InChI=1S/C21H17IN2O2/c22-17-12-10-16(11-13-17)20(25)24-19-9-5-4-8-18(19)21(26)23-14-15-6-2-1-3-7-15/h1-13H,14H2,(H,23,26)(H,24,25). The number of benzene rings is 3. The zero-order valence-corrected chi connectivity index (χ0v) is 16.1. The molecule has 0 aliphatic heterocycles. The van der Waals surface area contributed by atoms with Gasteiger partial charge < -0.3 is 10.6 Å². The second kappa shape index (κ2) is 8.62. The molecule has 0 radical (unpaired) electrons. The molecule has 2 amide bonds. The lowest BCUT2D eigenvalue weighted by molar-refractivity contribution is 0.0952. The van der Waals surface area contributed by atoms with Crippen molar-refractivity contribution in [2.24, 2.45) is 0 Å². The first-order chi connectivity index (χ1) is 12.6. The van der Waals surface area contributed by atoms with Gasteiger partial charge in [0.25, 0.3) is 11.8 Å². The van der Waals surface area contributed by atoms with Crippen molar-refractivity contribution < 1.29 is 9.59 Å². The van der Waals surface area contributed by atoms with E-state index in [1.807, 2.05) is 42.5 Å². The van der Waals surface area contributed by atoms with Crippen LogP contribution in [0.1, 0.15) is 26.3 Å². The maximum absolute atomic E-state index is 12.5. The Hall–Kier alpha value is -2.67. The third-order valence-corrected chi connectivity index (χ3v) is 4.54. The van der Waals surface area contributed by atoms with Crippen molar-refractivity contribution in [1.82, 2.24) is 5.32 Å². The van der Waals surface area contributed by atoms with Crippen LogP contribution in [0.2, 0.25) is 0 Å². The molecule has 0 saturated heterocycles. The molecule has 3 aromatic carbocycles. The molecule has 130 valence electrons. The highest BCUT2D eigenvalue weighted by Gasteiger charge is 2.14. The highest BCUT2D eigenvalue weighted by Crippen LogP contribution is 2.17. The van der Waals surface area contributed by atoms with Crippen LogP contribution >= 0.6 is 22.6 Å². The van der Waals surface area contributed by atoms with Crippen molar-refractivity contribution in [3.05, 3.63) is 99.1 Å². The average molecular weight is 456 g/mol.